The van der Waals surface area contributed by atoms with Crippen molar-refractivity contribution in [2.75, 3.05) is 6.61 Å². The highest BCUT2D eigenvalue weighted by atomic mass is 16.5. The van der Waals surface area contributed by atoms with Crippen molar-refractivity contribution >= 4 is 5.97 Å². The normalized spacial score (nSPS) is 10.4. The molecule has 19 heavy (non-hydrogen) atoms. The molecule has 0 amide bonds. The minimum atomic E-state index is -0.926. The summed E-state index contributed by atoms with van der Waals surface area (Å²) in [5, 5.41) is 13.0. The van der Waals surface area contributed by atoms with Crippen LogP contribution in [-0.4, -0.2) is 27.5 Å². The predicted octanol–water partition coefficient (Wildman–Crippen LogP) is 2.05. The van der Waals surface area contributed by atoms with Crippen molar-refractivity contribution in [3.8, 4) is 5.75 Å². The van der Waals surface area contributed by atoms with Gasteiger partial charge in [-0.3, -0.25) is 4.68 Å². The van der Waals surface area contributed by atoms with Crippen molar-refractivity contribution < 1.29 is 14.6 Å². The van der Waals surface area contributed by atoms with Crippen LogP contribution in [0.4, 0.5) is 0 Å². The van der Waals surface area contributed by atoms with Crippen LogP contribution in [0.1, 0.15) is 21.6 Å². The number of nitrogens with zero attached hydrogens (tertiary/aromatic N) is 2. The molecule has 100 valence electrons. The number of hydrogen-bond donors (Lipinski definition) is 1. The molecule has 0 atom stereocenters. The lowest BCUT2D eigenvalue weighted by atomic mass is 10.1. The van der Waals surface area contributed by atoms with E-state index in [9.17, 15) is 4.79 Å². The van der Waals surface area contributed by atoms with Gasteiger partial charge in [0.15, 0.2) is 0 Å². The summed E-state index contributed by atoms with van der Waals surface area (Å²) in [7, 11) is 1.89. The number of carboxylic acid groups (broad SMARTS) is 1. The Balaban J connectivity index is 1.96. The van der Waals surface area contributed by atoms with E-state index in [-0.39, 0.29) is 5.56 Å². The topological polar surface area (TPSA) is 64.3 Å². The van der Waals surface area contributed by atoms with Gasteiger partial charge in [-0.05, 0) is 36.8 Å². The fourth-order valence-corrected chi connectivity index (χ4v) is 1.86. The zero-order valence-electron chi connectivity index (χ0n) is 11.0. The highest BCUT2D eigenvalue weighted by Crippen LogP contribution is 2.19. The second-order valence-electron chi connectivity index (χ2n) is 4.33. The van der Waals surface area contributed by atoms with Gasteiger partial charge < -0.3 is 9.84 Å². The van der Waals surface area contributed by atoms with Gasteiger partial charge in [0.25, 0.3) is 0 Å². The fraction of sp³-hybridized carbons (Fsp3) is 0.286. The lowest BCUT2D eigenvalue weighted by Crippen LogP contribution is -2.07. The minimum Gasteiger partial charge on any atom is -0.493 e. The second-order valence-corrected chi connectivity index (χ2v) is 4.33. The van der Waals surface area contributed by atoms with E-state index in [1.807, 2.05) is 24.7 Å². The van der Waals surface area contributed by atoms with Gasteiger partial charge in [-0.2, -0.15) is 5.10 Å². The first-order chi connectivity index (χ1) is 9.08. The molecular weight excluding hydrogens is 244 g/mol. The first-order valence-corrected chi connectivity index (χ1v) is 6.01. The SMILES string of the molecule is Cc1cc(C(=O)O)ccc1OCCc1ccnn1C. The molecule has 0 spiro atoms. The summed E-state index contributed by atoms with van der Waals surface area (Å²) in [4.78, 5) is 10.8. The standard InChI is InChI=1S/C14H16N2O3/c1-10-9-11(14(17)18)3-4-13(10)19-8-6-12-5-7-15-16(12)2/h3-5,7,9H,6,8H2,1-2H3,(H,17,18). The van der Waals surface area contributed by atoms with Crippen LogP contribution in [0.15, 0.2) is 30.5 Å². The average molecular weight is 260 g/mol. The summed E-state index contributed by atoms with van der Waals surface area (Å²) in [5.41, 5.74) is 2.20. The van der Waals surface area contributed by atoms with Crippen LogP contribution in [0.2, 0.25) is 0 Å². The summed E-state index contributed by atoms with van der Waals surface area (Å²) in [5.74, 6) is -0.211. The number of aromatic carboxylic acids is 1. The van der Waals surface area contributed by atoms with Gasteiger partial charge in [0.2, 0.25) is 0 Å². The van der Waals surface area contributed by atoms with E-state index in [1.165, 1.54) is 0 Å². The molecule has 0 saturated carbocycles. The quantitative estimate of drug-likeness (QED) is 0.893. The molecule has 2 rings (SSSR count). The average Bonchev–Trinajstić information content (AvgIpc) is 2.77. The van der Waals surface area contributed by atoms with Crippen LogP contribution in [0.3, 0.4) is 0 Å². The van der Waals surface area contributed by atoms with Crippen molar-refractivity contribution in [1.82, 2.24) is 9.78 Å². The Morgan fingerprint density at radius 3 is 2.79 bits per heavy atom. The maximum absolute atomic E-state index is 10.8. The van der Waals surface area contributed by atoms with E-state index in [0.29, 0.717) is 12.4 Å². The maximum Gasteiger partial charge on any atom is 0.335 e. The molecule has 1 N–H and O–H groups in total. The highest BCUT2D eigenvalue weighted by molar-refractivity contribution is 5.88. The second kappa shape index (κ2) is 5.56. The molecule has 0 aliphatic heterocycles. The number of hydrogen-bond acceptors (Lipinski definition) is 3. The zero-order chi connectivity index (χ0) is 13.8. The Bertz CT molecular complexity index is 590. The molecule has 0 radical (unpaired) electrons. The lowest BCUT2D eigenvalue weighted by molar-refractivity contribution is 0.0696. The number of ether oxygens (including phenoxy) is 1. The summed E-state index contributed by atoms with van der Waals surface area (Å²) >= 11 is 0. The van der Waals surface area contributed by atoms with Gasteiger partial charge in [0.1, 0.15) is 5.75 Å². The van der Waals surface area contributed by atoms with Gasteiger partial charge in [-0.25, -0.2) is 4.79 Å². The number of benzene rings is 1. The molecule has 5 heteroatoms. The maximum atomic E-state index is 10.8. The third-order valence-corrected chi connectivity index (χ3v) is 2.96. The summed E-state index contributed by atoms with van der Waals surface area (Å²) in [6.45, 7) is 2.37. The molecule has 1 aromatic heterocycles. The highest BCUT2D eigenvalue weighted by Gasteiger charge is 2.06. The van der Waals surface area contributed by atoms with Crippen LogP contribution in [-0.2, 0) is 13.5 Å². The molecule has 0 bridgehead atoms. The van der Waals surface area contributed by atoms with Crippen LogP contribution in [0.25, 0.3) is 0 Å². The lowest BCUT2D eigenvalue weighted by Gasteiger charge is -2.09. The van der Waals surface area contributed by atoms with Crippen molar-refractivity contribution in [2.24, 2.45) is 7.05 Å². The number of aromatic nitrogens is 2. The predicted molar refractivity (Wildman–Crippen MR) is 70.5 cm³/mol. The first-order valence-electron chi connectivity index (χ1n) is 6.01. The van der Waals surface area contributed by atoms with Crippen molar-refractivity contribution in [3.63, 3.8) is 0 Å². The smallest absolute Gasteiger partial charge is 0.335 e. The number of carboxylic acids is 1. The Hall–Kier alpha value is -2.30. The Morgan fingerprint density at radius 2 is 2.21 bits per heavy atom. The van der Waals surface area contributed by atoms with Crippen LogP contribution >= 0.6 is 0 Å². The zero-order valence-corrected chi connectivity index (χ0v) is 11.0. The largest absolute Gasteiger partial charge is 0.493 e. The molecule has 0 fully saturated rings. The van der Waals surface area contributed by atoms with Crippen LogP contribution in [0, 0.1) is 6.92 Å². The van der Waals surface area contributed by atoms with Crippen LogP contribution in [0.5, 0.6) is 5.75 Å². The molecule has 0 saturated heterocycles. The van der Waals surface area contributed by atoms with E-state index >= 15 is 0 Å². The van der Waals surface area contributed by atoms with Crippen molar-refractivity contribution in [1.29, 1.82) is 0 Å². The summed E-state index contributed by atoms with van der Waals surface area (Å²) in [6, 6.07) is 6.81. The Labute approximate surface area is 111 Å². The van der Waals surface area contributed by atoms with E-state index in [4.69, 9.17) is 9.84 Å². The van der Waals surface area contributed by atoms with E-state index in [2.05, 4.69) is 5.10 Å². The van der Waals surface area contributed by atoms with Crippen molar-refractivity contribution in [2.45, 2.75) is 13.3 Å². The van der Waals surface area contributed by atoms with Crippen molar-refractivity contribution in [3.05, 3.63) is 47.3 Å². The number of rotatable bonds is 5. The summed E-state index contributed by atoms with van der Waals surface area (Å²) < 4.78 is 7.48. The monoisotopic (exact) mass is 260 g/mol. The Kier molecular flexibility index (Phi) is 3.85. The molecule has 0 unspecified atom stereocenters. The van der Waals surface area contributed by atoms with Crippen LogP contribution < -0.4 is 4.74 Å². The molecule has 2 aromatic rings. The minimum absolute atomic E-state index is 0.275. The third kappa shape index (κ3) is 3.13. The van der Waals surface area contributed by atoms with Gasteiger partial charge in [0, 0.05) is 25.4 Å². The molecule has 5 nitrogen and oxygen atoms in total. The fourth-order valence-electron chi connectivity index (χ4n) is 1.86. The first kappa shape index (κ1) is 13.1. The summed E-state index contributed by atoms with van der Waals surface area (Å²) in [6.07, 6.45) is 2.51. The van der Waals surface area contributed by atoms with E-state index in [0.717, 1.165) is 17.7 Å². The van der Waals surface area contributed by atoms with E-state index in [1.54, 1.807) is 24.4 Å². The Morgan fingerprint density at radius 1 is 1.42 bits per heavy atom. The van der Waals surface area contributed by atoms with Gasteiger partial charge >= 0.3 is 5.97 Å². The number of aryl methyl sites for hydroxylation is 2. The number of carbonyl (C=O) groups is 1. The molecule has 1 heterocycles. The molecule has 0 aliphatic rings. The molecule has 0 aliphatic carbocycles. The van der Waals surface area contributed by atoms with Gasteiger partial charge in [-0.1, -0.05) is 0 Å². The molecule has 1 aromatic carbocycles. The third-order valence-electron chi connectivity index (χ3n) is 2.96. The molecular formula is C14H16N2O3. The van der Waals surface area contributed by atoms with E-state index < -0.39 is 5.97 Å². The van der Waals surface area contributed by atoms with Gasteiger partial charge in [0.05, 0.1) is 12.2 Å². The van der Waals surface area contributed by atoms with Gasteiger partial charge in [-0.15, -0.1) is 0 Å².